The quantitative estimate of drug-likeness (QED) is 0.719. The van der Waals surface area contributed by atoms with E-state index < -0.39 is 21.8 Å². The first kappa shape index (κ1) is 13.2. The number of hydrogen-bond acceptors (Lipinski definition) is 3. The van der Waals surface area contributed by atoms with Crippen LogP contribution in [-0.4, -0.2) is 22.7 Å². The van der Waals surface area contributed by atoms with E-state index in [0.29, 0.717) is 22.9 Å². The highest BCUT2D eigenvalue weighted by Gasteiger charge is 2.50. The summed E-state index contributed by atoms with van der Waals surface area (Å²) in [5.74, 6) is 0.0692. The van der Waals surface area contributed by atoms with Gasteiger partial charge in [0.15, 0.2) is 11.6 Å². The summed E-state index contributed by atoms with van der Waals surface area (Å²) in [6.45, 7) is 0. The molecule has 1 aromatic rings. The number of aliphatic hydroxyl groups is 1. The molecule has 1 aliphatic heterocycles. The summed E-state index contributed by atoms with van der Waals surface area (Å²) in [6, 6.07) is 1.18. The van der Waals surface area contributed by atoms with Gasteiger partial charge in [-0.1, -0.05) is 15.9 Å². The minimum atomic E-state index is -0.845. The molecule has 1 nitrogen and oxygen atoms in total. The van der Waals surface area contributed by atoms with Crippen LogP contribution in [0.1, 0.15) is 17.5 Å². The van der Waals surface area contributed by atoms with Crippen LogP contribution in [0.2, 0.25) is 0 Å². The van der Waals surface area contributed by atoms with Gasteiger partial charge < -0.3 is 5.11 Å². The van der Waals surface area contributed by atoms with Gasteiger partial charge >= 0.3 is 0 Å². The number of halogens is 3. The van der Waals surface area contributed by atoms with Gasteiger partial charge in [0.05, 0.1) is 6.10 Å². The number of hydrogen-bond donors (Lipinski definition) is 1. The Balaban J connectivity index is 2.27. The van der Waals surface area contributed by atoms with E-state index in [2.05, 4.69) is 15.9 Å². The summed E-state index contributed by atoms with van der Waals surface area (Å²) >= 11 is 6.38. The second-order valence-corrected chi connectivity index (χ2v) is 8.22. The molecule has 1 N–H and O–H groups in total. The number of benzene rings is 1. The molecule has 0 bridgehead atoms. The van der Waals surface area contributed by atoms with Crippen LogP contribution in [0.3, 0.4) is 0 Å². The first-order valence-corrected chi connectivity index (χ1v) is 8.45. The van der Waals surface area contributed by atoms with Crippen molar-refractivity contribution in [1.29, 1.82) is 0 Å². The monoisotopic (exact) mass is 352 g/mol. The molecule has 1 fully saturated rings. The predicted octanol–water partition coefficient (Wildman–Crippen LogP) is 3.67. The minimum absolute atomic E-state index is 0.362. The van der Waals surface area contributed by atoms with Gasteiger partial charge in [-0.25, -0.2) is 8.78 Å². The Morgan fingerprint density at radius 1 is 1.33 bits per heavy atom. The van der Waals surface area contributed by atoms with E-state index >= 15 is 0 Å². The zero-order chi connectivity index (χ0) is 12.9. The van der Waals surface area contributed by atoms with E-state index in [-0.39, 0.29) is 0 Å². The Morgan fingerprint density at radius 2 is 2.00 bits per heavy atom. The minimum Gasteiger partial charge on any atom is -0.390 e. The Morgan fingerprint density at radius 3 is 2.67 bits per heavy atom. The van der Waals surface area contributed by atoms with Crippen LogP contribution in [0.4, 0.5) is 8.78 Å². The van der Waals surface area contributed by atoms with Crippen molar-refractivity contribution in [2.45, 2.75) is 23.0 Å². The van der Waals surface area contributed by atoms with Crippen LogP contribution in [0.25, 0.3) is 0 Å². The van der Waals surface area contributed by atoms with E-state index in [9.17, 15) is 13.9 Å². The molecular formula is C12H11BrF2OS2. The maximum atomic E-state index is 14.2. The van der Waals surface area contributed by atoms with Gasteiger partial charge in [0.25, 0.3) is 0 Å². The first-order chi connectivity index (χ1) is 8.56. The van der Waals surface area contributed by atoms with Crippen molar-refractivity contribution in [1.82, 2.24) is 0 Å². The number of aliphatic hydroxyl groups excluding tert-OH is 1. The molecule has 2 aliphatic rings. The molecule has 18 heavy (non-hydrogen) atoms. The van der Waals surface area contributed by atoms with E-state index in [0.717, 1.165) is 17.1 Å². The Bertz CT molecular complexity index is 503. The van der Waals surface area contributed by atoms with Crippen LogP contribution >= 0.6 is 39.5 Å². The molecule has 0 amide bonds. The van der Waals surface area contributed by atoms with Gasteiger partial charge in [0, 0.05) is 21.5 Å². The molecule has 0 saturated carbocycles. The first-order valence-electron chi connectivity index (χ1n) is 5.69. The lowest BCUT2D eigenvalue weighted by Gasteiger charge is -2.39. The van der Waals surface area contributed by atoms with Crippen molar-refractivity contribution >= 4 is 39.5 Å². The number of rotatable bonds is 0. The lowest BCUT2D eigenvalue weighted by molar-refractivity contribution is 0.142. The third-order valence-electron chi connectivity index (χ3n) is 3.44. The van der Waals surface area contributed by atoms with Gasteiger partial charge in [-0.05, 0) is 24.5 Å². The Kier molecular flexibility index (Phi) is 3.41. The molecule has 1 aliphatic carbocycles. The largest absolute Gasteiger partial charge is 0.390 e. The smallest absolute Gasteiger partial charge is 0.164 e. The number of fused-ring (bicyclic) bond motifs is 2. The lowest BCUT2D eigenvalue weighted by atomic mass is 9.88. The maximum absolute atomic E-state index is 14.2. The van der Waals surface area contributed by atoms with Gasteiger partial charge in [-0.3, -0.25) is 0 Å². The van der Waals surface area contributed by atoms with Crippen molar-refractivity contribution in [3.05, 3.63) is 33.3 Å². The highest BCUT2D eigenvalue weighted by Crippen LogP contribution is 2.59. The normalized spacial score (nSPS) is 25.4. The predicted molar refractivity (Wildman–Crippen MR) is 75.0 cm³/mol. The second kappa shape index (κ2) is 4.65. The van der Waals surface area contributed by atoms with Gasteiger partial charge in [0.1, 0.15) is 4.08 Å². The molecule has 0 radical (unpaired) electrons. The van der Waals surface area contributed by atoms with Gasteiger partial charge in [-0.2, -0.15) is 0 Å². The summed E-state index contributed by atoms with van der Waals surface area (Å²) in [6.07, 6.45) is 0.555. The van der Waals surface area contributed by atoms with E-state index in [4.69, 9.17) is 0 Å². The molecule has 98 valence electrons. The lowest BCUT2D eigenvalue weighted by Crippen LogP contribution is -2.38. The molecular weight excluding hydrogens is 342 g/mol. The third-order valence-corrected chi connectivity index (χ3v) is 7.74. The maximum Gasteiger partial charge on any atom is 0.164 e. The second-order valence-electron chi connectivity index (χ2n) is 4.43. The summed E-state index contributed by atoms with van der Waals surface area (Å²) in [4.78, 5) is 0. The van der Waals surface area contributed by atoms with Crippen molar-refractivity contribution in [2.24, 2.45) is 0 Å². The highest BCUT2D eigenvalue weighted by molar-refractivity contribution is 9.10. The summed E-state index contributed by atoms with van der Waals surface area (Å²) < 4.78 is 27.7. The third kappa shape index (κ3) is 1.76. The fourth-order valence-corrected chi connectivity index (χ4v) is 6.68. The zero-order valence-corrected chi connectivity index (χ0v) is 12.6. The van der Waals surface area contributed by atoms with E-state index in [1.807, 2.05) is 0 Å². The number of thioether (sulfide) groups is 2. The van der Waals surface area contributed by atoms with Gasteiger partial charge in [-0.15, -0.1) is 23.5 Å². The van der Waals surface area contributed by atoms with Crippen LogP contribution < -0.4 is 0 Å². The van der Waals surface area contributed by atoms with E-state index in [1.54, 1.807) is 0 Å². The topological polar surface area (TPSA) is 20.2 Å². The summed E-state index contributed by atoms with van der Waals surface area (Å²) in [5.41, 5.74) is 1.17. The SMILES string of the molecule is OC1CCc2c(Br)cc(F)c(F)c2C12SCCS2. The molecule has 1 atom stereocenters. The van der Waals surface area contributed by atoms with E-state index in [1.165, 1.54) is 29.6 Å². The van der Waals surface area contributed by atoms with Crippen LogP contribution in [-0.2, 0) is 10.5 Å². The summed E-state index contributed by atoms with van der Waals surface area (Å²) in [7, 11) is 0. The zero-order valence-electron chi connectivity index (χ0n) is 9.38. The van der Waals surface area contributed by atoms with Crippen LogP contribution in [0.15, 0.2) is 10.5 Å². The molecule has 1 heterocycles. The Hall–Kier alpha value is 0.220. The average Bonchev–Trinajstić information content (AvgIpc) is 2.80. The fraction of sp³-hybridized carbons (Fsp3) is 0.500. The molecule has 0 aromatic heterocycles. The molecule has 1 aromatic carbocycles. The molecule has 1 saturated heterocycles. The van der Waals surface area contributed by atoms with Crippen LogP contribution in [0.5, 0.6) is 0 Å². The molecule has 1 unspecified atom stereocenters. The molecule has 1 spiro atoms. The molecule has 3 rings (SSSR count). The highest BCUT2D eigenvalue weighted by atomic mass is 79.9. The average molecular weight is 353 g/mol. The van der Waals surface area contributed by atoms with Crippen molar-refractivity contribution in [3.8, 4) is 0 Å². The molecule has 6 heteroatoms. The Labute approximate surface area is 121 Å². The standard InChI is InChI=1S/C12H11BrF2OS2/c13-7-5-8(14)11(15)10-6(7)1-2-9(16)12(10)17-3-4-18-12/h5,9,16H,1-4H2. The summed E-state index contributed by atoms with van der Waals surface area (Å²) in [5, 5.41) is 10.3. The van der Waals surface area contributed by atoms with Crippen molar-refractivity contribution in [3.63, 3.8) is 0 Å². The fourth-order valence-electron chi connectivity index (χ4n) is 2.64. The van der Waals surface area contributed by atoms with Gasteiger partial charge in [0.2, 0.25) is 0 Å². The van der Waals surface area contributed by atoms with Crippen molar-refractivity contribution < 1.29 is 13.9 Å². The van der Waals surface area contributed by atoms with Crippen molar-refractivity contribution in [2.75, 3.05) is 11.5 Å². The van der Waals surface area contributed by atoms with Crippen LogP contribution in [0, 0.1) is 11.6 Å².